The standard InChI is InChI=1S/C14H22N2O3S/c1-14(2)7-6-11(9-14)16-20(17,18)13-5-4-10(15)8-12(13)19-3/h4-5,8,11,16H,6-7,9,15H2,1-3H3. The maximum absolute atomic E-state index is 12.5. The predicted octanol–water partition coefficient (Wildman–Crippen LogP) is 2.13. The van der Waals surface area contributed by atoms with Crippen LogP contribution in [-0.4, -0.2) is 21.6 Å². The molecular weight excluding hydrogens is 276 g/mol. The van der Waals surface area contributed by atoms with Gasteiger partial charge in [-0.2, -0.15) is 0 Å². The van der Waals surface area contributed by atoms with Gasteiger partial charge in [-0.05, 0) is 36.8 Å². The van der Waals surface area contributed by atoms with Crippen LogP contribution in [0.4, 0.5) is 5.69 Å². The zero-order chi connectivity index (χ0) is 15.0. The highest BCUT2D eigenvalue weighted by Crippen LogP contribution is 2.38. The van der Waals surface area contributed by atoms with Crippen molar-refractivity contribution >= 4 is 15.7 Å². The molecule has 1 aliphatic rings. The first-order chi connectivity index (χ1) is 9.23. The van der Waals surface area contributed by atoms with Crippen molar-refractivity contribution in [1.82, 2.24) is 4.72 Å². The van der Waals surface area contributed by atoms with Crippen molar-refractivity contribution < 1.29 is 13.2 Å². The van der Waals surface area contributed by atoms with E-state index in [0.29, 0.717) is 5.69 Å². The van der Waals surface area contributed by atoms with Crippen LogP contribution in [0.2, 0.25) is 0 Å². The van der Waals surface area contributed by atoms with Crippen LogP contribution in [0.15, 0.2) is 23.1 Å². The molecule has 1 aromatic rings. The highest BCUT2D eigenvalue weighted by molar-refractivity contribution is 7.89. The molecule has 20 heavy (non-hydrogen) atoms. The molecule has 112 valence electrons. The number of benzene rings is 1. The average molecular weight is 298 g/mol. The van der Waals surface area contributed by atoms with Gasteiger partial charge in [-0.25, -0.2) is 13.1 Å². The molecule has 0 radical (unpaired) electrons. The van der Waals surface area contributed by atoms with Crippen molar-refractivity contribution in [2.45, 2.75) is 44.0 Å². The minimum absolute atomic E-state index is 0.0164. The molecule has 0 spiro atoms. The molecule has 1 unspecified atom stereocenters. The largest absolute Gasteiger partial charge is 0.495 e. The van der Waals surface area contributed by atoms with Gasteiger partial charge >= 0.3 is 0 Å². The Balaban J connectivity index is 2.23. The Hall–Kier alpha value is -1.27. The third-order valence-corrected chi connectivity index (χ3v) is 5.33. The second kappa shape index (κ2) is 5.26. The van der Waals surface area contributed by atoms with Gasteiger partial charge in [0, 0.05) is 17.8 Å². The molecule has 0 saturated heterocycles. The lowest BCUT2D eigenvalue weighted by molar-refractivity contribution is 0.372. The molecule has 5 nitrogen and oxygen atoms in total. The third kappa shape index (κ3) is 3.24. The van der Waals surface area contributed by atoms with Crippen LogP contribution in [0.25, 0.3) is 0 Å². The van der Waals surface area contributed by atoms with Gasteiger partial charge in [0.05, 0.1) is 7.11 Å². The van der Waals surface area contributed by atoms with E-state index in [1.54, 1.807) is 6.07 Å². The van der Waals surface area contributed by atoms with Gasteiger partial charge in [-0.3, -0.25) is 0 Å². The fraction of sp³-hybridized carbons (Fsp3) is 0.571. The van der Waals surface area contributed by atoms with E-state index in [2.05, 4.69) is 18.6 Å². The van der Waals surface area contributed by atoms with Crippen LogP contribution < -0.4 is 15.2 Å². The first kappa shape index (κ1) is 15.1. The summed E-state index contributed by atoms with van der Waals surface area (Å²) in [6, 6.07) is 4.55. The molecule has 0 bridgehead atoms. The van der Waals surface area contributed by atoms with Crippen molar-refractivity contribution in [2.24, 2.45) is 5.41 Å². The van der Waals surface area contributed by atoms with E-state index in [-0.39, 0.29) is 22.1 Å². The lowest BCUT2D eigenvalue weighted by Crippen LogP contribution is -2.33. The second-order valence-corrected chi connectivity index (χ2v) is 7.82. The van der Waals surface area contributed by atoms with Crippen molar-refractivity contribution in [3.8, 4) is 5.75 Å². The summed E-state index contributed by atoms with van der Waals surface area (Å²) in [5.41, 5.74) is 6.32. The van der Waals surface area contributed by atoms with E-state index in [1.807, 2.05) is 0 Å². The first-order valence-corrected chi connectivity index (χ1v) is 8.18. The molecule has 0 heterocycles. The van der Waals surface area contributed by atoms with E-state index in [1.165, 1.54) is 19.2 Å². The van der Waals surface area contributed by atoms with Gasteiger partial charge in [-0.1, -0.05) is 13.8 Å². The maximum Gasteiger partial charge on any atom is 0.244 e. The highest BCUT2D eigenvalue weighted by Gasteiger charge is 2.34. The van der Waals surface area contributed by atoms with Crippen molar-refractivity contribution in [1.29, 1.82) is 0 Å². The van der Waals surface area contributed by atoms with E-state index in [9.17, 15) is 8.42 Å². The monoisotopic (exact) mass is 298 g/mol. The quantitative estimate of drug-likeness (QED) is 0.834. The van der Waals surface area contributed by atoms with Crippen LogP contribution in [0, 0.1) is 5.41 Å². The lowest BCUT2D eigenvalue weighted by Gasteiger charge is -2.18. The number of rotatable bonds is 4. The SMILES string of the molecule is COc1cc(N)ccc1S(=O)(=O)NC1CCC(C)(C)C1. The Morgan fingerprint density at radius 3 is 2.65 bits per heavy atom. The second-order valence-electron chi connectivity index (χ2n) is 6.14. The molecule has 1 atom stereocenters. The zero-order valence-corrected chi connectivity index (χ0v) is 13.0. The number of hydrogen-bond acceptors (Lipinski definition) is 4. The van der Waals surface area contributed by atoms with E-state index in [0.717, 1.165) is 19.3 Å². The number of ether oxygens (including phenoxy) is 1. The summed E-state index contributed by atoms with van der Waals surface area (Å²) in [7, 11) is -2.15. The van der Waals surface area contributed by atoms with Gasteiger partial charge in [0.2, 0.25) is 10.0 Å². The van der Waals surface area contributed by atoms with E-state index >= 15 is 0 Å². The van der Waals surface area contributed by atoms with Gasteiger partial charge in [0.15, 0.2) is 0 Å². The number of anilines is 1. The molecule has 0 amide bonds. The normalized spacial score (nSPS) is 21.9. The number of sulfonamides is 1. The van der Waals surface area contributed by atoms with Gasteiger partial charge < -0.3 is 10.5 Å². The van der Waals surface area contributed by atoms with Crippen molar-refractivity contribution in [3.05, 3.63) is 18.2 Å². The Morgan fingerprint density at radius 1 is 1.40 bits per heavy atom. The molecule has 0 aliphatic heterocycles. The van der Waals surface area contributed by atoms with Gasteiger partial charge in [0.1, 0.15) is 10.6 Å². The Morgan fingerprint density at radius 2 is 2.10 bits per heavy atom. The molecule has 1 aromatic carbocycles. The highest BCUT2D eigenvalue weighted by atomic mass is 32.2. The van der Waals surface area contributed by atoms with Crippen LogP contribution in [0.3, 0.4) is 0 Å². The minimum atomic E-state index is -3.58. The Bertz CT molecular complexity index is 596. The van der Waals surface area contributed by atoms with Crippen LogP contribution in [0.1, 0.15) is 33.1 Å². The molecule has 2 rings (SSSR count). The molecule has 6 heteroatoms. The minimum Gasteiger partial charge on any atom is -0.495 e. The predicted molar refractivity (Wildman–Crippen MR) is 79.1 cm³/mol. The summed E-state index contributed by atoms with van der Waals surface area (Å²) in [6.45, 7) is 4.32. The fourth-order valence-corrected chi connectivity index (χ4v) is 4.15. The van der Waals surface area contributed by atoms with Gasteiger partial charge in [0.25, 0.3) is 0 Å². The molecule has 1 saturated carbocycles. The zero-order valence-electron chi connectivity index (χ0n) is 12.1. The van der Waals surface area contributed by atoms with Crippen molar-refractivity contribution in [3.63, 3.8) is 0 Å². The van der Waals surface area contributed by atoms with Crippen LogP contribution in [-0.2, 0) is 10.0 Å². The molecule has 1 aliphatic carbocycles. The number of nitrogen functional groups attached to an aromatic ring is 1. The summed E-state index contributed by atoms with van der Waals surface area (Å²) in [4.78, 5) is 0.138. The first-order valence-electron chi connectivity index (χ1n) is 6.69. The molecule has 3 N–H and O–H groups in total. The lowest BCUT2D eigenvalue weighted by atomic mass is 9.92. The maximum atomic E-state index is 12.5. The van der Waals surface area contributed by atoms with Gasteiger partial charge in [-0.15, -0.1) is 0 Å². The average Bonchev–Trinajstić information content (AvgIpc) is 2.67. The third-order valence-electron chi connectivity index (χ3n) is 3.77. The number of nitrogens with one attached hydrogen (secondary N) is 1. The topological polar surface area (TPSA) is 81.4 Å². The Labute approximate surface area is 120 Å². The van der Waals surface area contributed by atoms with Crippen LogP contribution >= 0.6 is 0 Å². The molecule has 0 aromatic heterocycles. The van der Waals surface area contributed by atoms with E-state index in [4.69, 9.17) is 10.5 Å². The summed E-state index contributed by atoms with van der Waals surface area (Å²) < 4.78 is 32.8. The summed E-state index contributed by atoms with van der Waals surface area (Å²) in [5, 5.41) is 0. The number of methoxy groups -OCH3 is 1. The number of hydrogen-bond donors (Lipinski definition) is 2. The summed E-state index contributed by atoms with van der Waals surface area (Å²) in [5.74, 6) is 0.273. The van der Waals surface area contributed by atoms with Crippen LogP contribution in [0.5, 0.6) is 5.75 Å². The fourth-order valence-electron chi connectivity index (χ4n) is 2.73. The van der Waals surface area contributed by atoms with Crippen molar-refractivity contribution in [2.75, 3.05) is 12.8 Å². The smallest absolute Gasteiger partial charge is 0.244 e. The number of nitrogens with two attached hydrogens (primary N) is 1. The van der Waals surface area contributed by atoms with E-state index < -0.39 is 10.0 Å². The summed E-state index contributed by atoms with van der Waals surface area (Å²) in [6.07, 6.45) is 2.74. The molecular formula is C14H22N2O3S. The Kier molecular flexibility index (Phi) is 3.97. The summed E-state index contributed by atoms with van der Waals surface area (Å²) >= 11 is 0. The molecule has 1 fully saturated rings.